The van der Waals surface area contributed by atoms with Gasteiger partial charge < -0.3 is 20.9 Å². The molecule has 3 aromatic carbocycles. The molecule has 0 heterocycles. The number of hydrogen-bond donors (Lipinski definition) is 2. The predicted octanol–water partition coefficient (Wildman–Crippen LogP) is 7.25. The van der Waals surface area contributed by atoms with Gasteiger partial charge in [0.15, 0.2) is 11.5 Å². The normalized spacial score (nSPS) is 27.1. The maximum Gasteiger partial charge on any atom is 0.153 e. The van der Waals surface area contributed by atoms with Crippen molar-refractivity contribution >= 4 is 11.4 Å². The number of nitrogen functional groups attached to an aromatic ring is 2. The smallest absolute Gasteiger partial charge is 0.153 e. The Morgan fingerprint density at radius 3 is 1.76 bits per heavy atom. The van der Waals surface area contributed by atoms with Crippen LogP contribution in [-0.2, 0) is 0 Å². The number of nitrogens with two attached hydrogens (primary N) is 2. The summed E-state index contributed by atoms with van der Waals surface area (Å²) in [6.45, 7) is 0. The summed E-state index contributed by atoms with van der Waals surface area (Å²) in [6.07, 6.45) is 6.31. The highest BCUT2D eigenvalue weighted by Gasteiger charge is 2.49. The molecule has 7 rings (SSSR count). The predicted molar refractivity (Wildman–Crippen MR) is 128 cm³/mol. The van der Waals surface area contributed by atoms with Gasteiger partial charge in [-0.1, -0.05) is 0 Å². The molecule has 4 nitrogen and oxygen atoms in total. The Hall–Kier alpha value is -3.28. The van der Waals surface area contributed by atoms with Crippen molar-refractivity contribution in [3.8, 4) is 23.0 Å². The van der Waals surface area contributed by atoms with Gasteiger partial charge >= 0.3 is 0 Å². The molecule has 34 heavy (non-hydrogen) atoms. The van der Waals surface area contributed by atoms with Crippen LogP contribution in [0.1, 0.15) is 43.6 Å². The molecule has 176 valence electrons. The SMILES string of the molecule is Nc1ccc(F)cc1Oc1ccc(Oc2cc(F)ccc2N)c(C2C3CC4CC(C3)CC2C4)c1. The lowest BCUT2D eigenvalue weighted by molar-refractivity contribution is -0.00339. The summed E-state index contributed by atoms with van der Waals surface area (Å²) in [5.41, 5.74) is 13.9. The minimum Gasteiger partial charge on any atom is -0.455 e. The number of rotatable bonds is 5. The van der Waals surface area contributed by atoms with E-state index in [1.54, 1.807) is 6.07 Å². The van der Waals surface area contributed by atoms with Crippen LogP contribution in [0, 0.1) is 35.3 Å². The zero-order valence-corrected chi connectivity index (χ0v) is 18.8. The second-order valence-electron chi connectivity index (χ2n) is 10.2. The summed E-state index contributed by atoms with van der Waals surface area (Å²) >= 11 is 0. The minimum absolute atomic E-state index is 0.277. The summed E-state index contributed by atoms with van der Waals surface area (Å²) in [5, 5.41) is 0. The molecular formula is C28H28F2N2O2. The molecule has 4 N–H and O–H groups in total. The highest BCUT2D eigenvalue weighted by Crippen LogP contribution is 2.61. The molecule has 0 aliphatic heterocycles. The zero-order valence-electron chi connectivity index (χ0n) is 18.8. The Bertz CT molecular complexity index is 1220. The highest BCUT2D eigenvalue weighted by molar-refractivity contribution is 5.57. The molecule has 4 saturated carbocycles. The fraction of sp³-hybridized carbons (Fsp3) is 0.357. The Labute approximate surface area is 197 Å². The van der Waals surface area contributed by atoms with Crippen LogP contribution in [0.5, 0.6) is 23.0 Å². The van der Waals surface area contributed by atoms with Gasteiger partial charge in [0.25, 0.3) is 0 Å². The third kappa shape index (κ3) is 3.85. The Morgan fingerprint density at radius 2 is 1.18 bits per heavy atom. The van der Waals surface area contributed by atoms with E-state index in [0.29, 0.717) is 46.4 Å². The molecule has 4 aliphatic rings. The van der Waals surface area contributed by atoms with E-state index in [2.05, 4.69) is 0 Å². The highest BCUT2D eigenvalue weighted by atomic mass is 19.1. The standard InChI is InChI=1S/C28H28F2N2O2/c29-19-1-4-23(31)26(12-19)33-21-3-6-25(34-27-13-20(30)2-5-24(27)32)22(14-21)28-17-8-15-7-16(10-17)11-18(28)9-15/h1-6,12-18,28H,7-11,31-32H2. The first-order valence-electron chi connectivity index (χ1n) is 12.0. The maximum absolute atomic E-state index is 13.9. The van der Waals surface area contributed by atoms with Crippen molar-refractivity contribution in [2.45, 2.75) is 38.0 Å². The van der Waals surface area contributed by atoms with Crippen LogP contribution in [0.2, 0.25) is 0 Å². The van der Waals surface area contributed by atoms with Crippen molar-refractivity contribution in [3.05, 3.63) is 71.8 Å². The molecule has 0 saturated heterocycles. The average molecular weight is 463 g/mol. The Morgan fingerprint density at radius 1 is 0.618 bits per heavy atom. The maximum atomic E-state index is 13.9. The van der Waals surface area contributed by atoms with Crippen LogP contribution in [-0.4, -0.2) is 0 Å². The number of benzene rings is 3. The van der Waals surface area contributed by atoms with E-state index in [1.165, 1.54) is 68.5 Å². The molecule has 0 unspecified atom stereocenters. The van der Waals surface area contributed by atoms with Crippen LogP contribution >= 0.6 is 0 Å². The molecule has 6 heteroatoms. The largest absolute Gasteiger partial charge is 0.455 e. The summed E-state index contributed by atoms with van der Waals surface area (Å²) in [5.74, 6) is 4.18. The fourth-order valence-electron chi connectivity index (χ4n) is 6.82. The third-order valence-electron chi connectivity index (χ3n) is 7.97. The first kappa shape index (κ1) is 21.3. The molecule has 4 fully saturated rings. The fourth-order valence-corrected chi connectivity index (χ4v) is 6.82. The molecule has 0 radical (unpaired) electrons. The van der Waals surface area contributed by atoms with E-state index in [9.17, 15) is 8.78 Å². The summed E-state index contributed by atoms with van der Waals surface area (Å²) < 4.78 is 40.0. The van der Waals surface area contributed by atoms with Gasteiger partial charge in [0, 0.05) is 17.7 Å². The second-order valence-corrected chi connectivity index (χ2v) is 10.2. The third-order valence-corrected chi connectivity index (χ3v) is 7.97. The van der Waals surface area contributed by atoms with Crippen molar-refractivity contribution < 1.29 is 18.3 Å². The van der Waals surface area contributed by atoms with Crippen LogP contribution in [0.25, 0.3) is 0 Å². The van der Waals surface area contributed by atoms with Crippen LogP contribution in [0.15, 0.2) is 54.6 Å². The topological polar surface area (TPSA) is 70.5 Å². The summed E-state index contributed by atoms with van der Waals surface area (Å²) in [6, 6.07) is 13.8. The van der Waals surface area contributed by atoms with Gasteiger partial charge in [-0.05, 0) is 104 Å². The Balaban J connectivity index is 1.40. The van der Waals surface area contributed by atoms with Gasteiger partial charge in [-0.3, -0.25) is 0 Å². The van der Waals surface area contributed by atoms with E-state index in [4.69, 9.17) is 20.9 Å². The second kappa shape index (κ2) is 8.19. The Kier molecular flexibility index (Phi) is 5.12. The first-order valence-corrected chi connectivity index (χ1v) is 12.0. The van der Waals surface area contributed by atoms with Crippen molar-refractivity contribution in [1.29, 1.82) is 0 Å². The number of halogens is 2. The molecular weight excluding hydrogens is 434 g/mol. The number of ether oxygens (including phenoxy) is 2. The van der Waals surface area contributed by atoms with Crippen molar-refractivity contribution in [3.63, 3.8) is 0 Å². The van der Waals surface area contributed by atoms with E-state index in [-0.39, 0.29) is 5.75 Å². The quantitative estimate of drug-likeness (QED) is 0.392. The number of anilines is 2. The van der Waals surface area contributed by atoms with Crippen LogP contribution in [0.4, 0.5) is 20.2 Å². The van der Waals surface area contributed by atoms with Crippen LogP contribution < -0.4 is 20.9 Å². The lowest BCUT2D eigenvalue weighted by atomic mass is 9.50. The number of hydrogen-bond acceptors (Lipinski definition) is 4. The zero-order chi connectivity index (χ0) is 23.4. The molecule has 0 aromatic heterocycles. The van der Waals surface area contributed by atoms with E-state index < -0.39 is 11.6 Å². The van der Waals surface area contributed by atoms with Crippen molar-refractivity contribution in [2.24, 2.45) is 23.7 Å². The summed E-state index contributed by atoms with van der Waals surface area (Å²) in [7, 11) is 0. The van der Waals surface area contributed by atoms with E-state index >= 15 is 0 Å². The van der Waals surface area contributed by atoms with Gasteiger partial charge in [-0.15, -0.1) is 0 Å². The van der Waals surface area contributed by atoms with Crippen LogP contribution in [0.3, 0.4) is 0 Å². The van der Waals surface area contributed by atoms with Crippen molar-refractivity contribution in [1.82, 2.24) is 0 Å². The van der Waals surface area contributed by atoms with Gasteiger partial charge in [0.1, 0.15) is 23.1 Å². The molecule has 4 aliphatic carbocycles. The minimum atomic E-state index is -0.410. The van der Waals surface area contributed by atoms with E-state index in [1.807, 2.05) is 12.1 Å². The van der Waals surface area contributed by atoms with E-state index in [0.717, 1.165) is 17.4 Å². The first-order chi connectivity index (χ1) is 16.4. The lowest BCUT2D eigenvalue weighted by Crippen LogP contribution is -2.43. The molecule has 0 spiro atoms. The molecule has 0 amide bonds. The average Bonchev–Trinajstić information content (AvgIpc) is 2.79. The summed E-state index contributed by atoms with van der Waals surface area (Å²) in [4.78, 5) is 0. The van der Waals surface area contributed by atoms with Crippen molar-refractivity contribution in [2.75, 3.05) is 11.5 Å². The monoisotopic (exact) mass is 462 g/mol. The van der Waals surface area contributed by atoms with Gasteiger partial charge in [-0.25, -0.2) is 8.78 Å². The van der Waals surface area contributed by atoms with Gasteiger partial charge in [-0.2, -0.15) is 0 Å². The molecule has 4 bridgehead atoms. The van der Waals surface area contributed by atoms with Gasteiger partial charge in [0.05, 0.1) is 11.4 Å². The molecule has 0 atom stereocenters. The molecule has 3 aromatic rings. The lowest BCUT2D eigenvalue weighted by Gasteiger charge is -2.54. The van der Waals surface area contributed by atoms with Gasteiger partial charge in [0.2, 0.25) is 0 Å².